The number of aliphatic hydroxyl groups excluding tert-OH is 5. The number of esters is 1. The van der Waals surface area contributed by atoms with Gasteiger partial charge in [-0.25, -0.2) is 0 Å². The van der Waals surface area contributed by atoms with Crippen molar-refractivity contribution < 1.29 is 35.1 Å². The van der Waals surface area contributed by atoms with Crippen molar-refractivity contribution in [1.82, 2.24) is 10.6 Å². The van der Waals surface area contributed by atoms with Gasteiger partial charge in [0.2, 0.25) is 0 Å². The van der Waals surface area contributed by atoms with E-state index in [1.165, 1.54) is 0 Å². The van der Waals surface area contributed by atoms with Crippen LogP contribution in [-0.4, -0.2) is 80.7 Å². The molecule has 0 rings (SSSR count). The van der Waals surface area contributed by atoms with E-state index < -0.39 is 42.3 Å². The molecule has 28 heavy (non-hydrogen) atoms. The number of carbonyl (C=O) groups is 1. The summed E-state index contributed by atoms with van der Waals surface area (Å²) < 4.78 is 5.44. The average Bonchev–Trinajstić information content (AvgIpc) is 2.59. The van der Waals surface area contributed by atoms with Gasteiger partial charge in [0.15, 0.2) is 0 Å². The van der Waals surface area contributed by atoms with Crippen molar-refractivity contribution in [3.05, 3.63) is 12.0 Å². The Bertz CT molecular complexity index is 477. The maximum atomic E-state index is 12.3. The van der Waals surface area contributed by atoms with Crippen LogP contribution in [0.3, 0.4) is 0 Å². The van der Waals surface area contributed by atoms with Crippen LogP contribution in [0, 0.1) is 0 Å². The van der Waals surface area contributed by atoms with Crippen molar-refractivity contribution in [2.24, 2.45) is 0 Å². The summed E-state index contributed by atoms with van der Waals surface area (Å²) in [6, 6.07) is -0.266. The highest BCUT2D eigenvalue weighted by molar-refractivity contribution is 5.76. The van der Waals surface area contributed by atoms with Crippen LogP contribution < -0.4 is 10.6 Å². The van der Waals surface area contributed by atoms with Crippen molar-refractivity contribution >= 4 is 5.97 Å². The van der Waals surface area contributed by atoms with E-state index in [2.05, 4.69) is 10.6 Å². The van der Waals surface area contributed by atoms with E-state index in [4.69, 9.17) is 9.84 Å². The topological polar surface area (TPSA) is 152 Å². The minimum Gasteiger partial charge on any atom is -0.508 e. The average molecular weight is 407 g/mol. The van der Waals surface area contributed by atoms with Gasteiger partial charge in [-0.05, 0) is 40.0 Å². The quantitative estimate of drug-likeness (QED) is 0.127. The predicted octanol–water partition coefficient (Wildman–Crippen LogP) is -0.0710. The van der Waals surface area contributed by atoms with E-state index in [1.54, 1.807) is 0 Å². The molecule has 0 aromatic carbocycles. The maximum absolute atomic E-state index is 12.3. The zero-order valence-corrected chi connectivity index (χ0v) is 17.6. The Hall–Kier alpha value is -1.39. The van der Waals surface area contributed by atoms with Gasteiger partial charge in [0.05, 0.1) is 6.61 Å². The summed E-state index contributed by atoms with van der Waals surface area (Å²) >= 11 is 0. The number of carbonyl (C=O) groups excluding carboxylic acids is 1. The second-order valence-electron chi connectivity index (χ2n) is 8.11. The van der Waals surface area contributed by atoms with Crippen molar-refractivity contribution in [3.8, 4) is 0 Å². The third kappa shape index (κ3) is 11.5. The number of rotatable bonds is 13. The zero-order chi connectivity index (χ0) is 21.9. The molecule has 7 N–H and O–H groups in total. The lowest BCUT2D eigenvalue weighted by atomic mass is 10.1. The fraction of sp³-hybridized carbons (Fsp3) is 0.842. The predicted molar refractivity (Wildman–Crippen MR) is 106 cm³/mol. The molecule has 9 nitrogen and oxygen atoms in total. The van der Waals surface area contributed by atoms with E-state index in [-0.39, 0.29) is 12.0 Å². The molecule has 0 aliphatic carbocycles. The molecule has 0 aliphatic rings. The number of aliphatic hydroxyl groups is 5. The summed E-state index contributed by atoms with van der Waals surface area (Å²) in [7, 11) is 0. The van der Waals surface area contributed by atoms with Gasteiger partial charge in [-0.1, -0.05) is 13.8 Å². The van der Waals surface area contributed by atoms with Gasteiger partial charge in [0, 0.05) is 18.8 Å². The van der Waals surface area contributed by atoms with E-state index in [1.807, 2.05) is 34.6 Å². The van der Waals surface area contributed by atoms with Crippen LogP contribution in [0.25, 0.3) is 0 Å². The molecule has 166 valence electrons. The highest BCUT2D eigenvalue weighted by Gasteiger charge is 2.27. The van der Waals surface area contributed by atoms with Crippen molar-refractivity contribution in [2.75, 3.05) is 13.2 Å². The molecule has 0 radical (unpaired) electrons. The normalized spacial score (nSPS) is 17.1. The monoisotopic (exact) mass is 406 g/mol. The van der Waals surface area contributed by atoms with E-state index in [0.29, 0.717) is 19.4 Å². The molecule has 0 spiro atoms. The van der Waals surface area contributed by atoms with Crippen LogP contribution in [0.1, 0.15) is 53.9 Å². The molecule has 0 amide bonds. The summed E-state index contributed by atoms with van der Waals surface area (Å²) in [5.74, 6) is -0.834. The number of unbranched alkanes of at least 4 members (excludes halogenated alkanes) is 1. The fourth-order valence-electron chi connectivity index (χ4n) is 2.38. The van der Waals surface area contributed by atoms with Gasteiger partial charge in [-0.15, -0.1) is 0 Å². The number of hydrogen-bond donors (Lipinski definition) is 7. The Balaban J connectivity index is 4.37. The molecule has 4 atom stereocenters. The third-order valence-corrected chi connectivity index (χ3v) is 3.75. The number of nitrogens with one attached hydrogen (secondary N) is 2. The Morgan fingerprint density at radius 2 is 1.75 bits per heavy atom. The van der Waals surface area contributed by atoms with Crippen LogP contribution in [0.5, 0.6) is 0 Å². The van der Waals surface area contributed by atoms with E-state index in [0.717, 1.165) is 12.6 Å². The summed E-state index contributed by atoms with van der Waals surface area (Å²) in [5.41, 5.74) is -0.549. The van der Waals surface area contributed by atoms with E-state index in [9.17, 15) is 25.2 Å². The van der Waals surface area contributed by atoms with Crippen molar-refractivity contribution in [1.29, 1.82) is 0 Å². The fourth-order valence-corrected chi connectivity index (χ4v) is 2.38. The molecule has 0 aliphatic heterocycles. The van der Waals surface area contributed by atoms with Crippen LogP contribution in [-0.2, 0) is 9.53 Å². The first kappa shape index (κ1) is 26.6. The summed E-state index contributed by atoms with van der Waals surface area (Å²) in [4.78, 5) is 12.3. The van der Waals surface area contributed by atoms with Gasteiger partial charge >= 0.3 is 5.97 Å². The molecular weight excluding hydrogens is 368 g/mol. The van der Waals surface area contributed by atoms with Crippen molar-refractivity contribution in [3.63, 3.8) is 0 Å². The summed E-state index contributed by atoms with van der Waals surface area (Å²) in [6.45, 7) is 9.13. The molecule has 0 saturated carbocycles. The highest BCUT2D eigenvalue weighted by Crippen LogP contribution is 2.12. The Morgan fingerprint density at radius 3 is 2.25 bits per heavy atom. The van der Waals surface area contributed by atoms with Gasteiger partial charge < -0.3 is 40.9 Å². The molecule has 0 saturated heterocycles. The van der Waals surface area contributed by atoms with Crippen molar-refractivity contribution in [2.45, 2.75) is 89.9 Å². The molecule has 0 bridgehead atoms. The molecule has 0 heterocycles. The molecule has 0 aromatic heterocycles. The minimum absolute atomic E-state index is 0.137. The molecule has 0 fully saturated rings. The Kier molecular flexibility index (Phi) is 12.3. The largest absolute Gasteiger partial charge is 0.508 e. The first-order chi connectivity index (χ1) is 12.9. The van der Waals surface area contributed by atoms with Crippen LogP contribution in [0.15, 0.2) is 12.0 Å². The lowest BCUT2D eigenvalue weighted by molar-refractivity contribution is -0.157. The lowest BCUT2D eigenvalue weighted by Gasteiger charge is -2.26. The SMILES string of the molecule is CC(C)NC(CCCCN/C=C(\O)C(O)C(O)C(O)CO)C(=O)OC(C)(C)C. The lowest BCUT2D eigenvalue weighted by Crippen LogP contribution is -2.44. The molecule has 0 aromatic rings. The first-order valence-corrected chi connectivity index (χ1v) is 9.65. The van der Waals surface area contributed by atoms with Gasteiger partial charge in [-0.3, -0.25) is 4.79 Å². The standard InChI is InChI=1S/C19H38N2O7/c1-12(2)21-13(18(27)28-19(3,4)5)8-6-7-9-20-10-14(23)16(25)17(26)15(24)11-22/h10,12-13,15-17,20-26H,6-9,11H2,1-5H3/b14-10-. The maximum Gasteiger partial charge on any atom is 0.323 e. The van der Waals surface area contributed by atoms with E-state index >= 15 is 0 Å². The molecular formula is C19H38N2O7. The first-order valence-electron chi connectivity index (χ1n) is 9.65. The highest BCUT2D eigenvalue weighted by atomic mass is 16.6. The number of hydrogen-bond acceptors (Lipinski definition) is 9. The Morgan fingerprint density at radius 1 is 1.14 bits per heavy atom. The second kappa shape index (κ2) is 12.9. The molecule has 9 heteroatoms. The Labute approximate surface area is 167 Å². The number of ether oxygens (including phenoxy) is 1. The zero-order valence-electron chi connectivity index (χ0n) is 17.6. The second-order valence-corrected chi connectivity index (χ2v) is 8.11. The molecule has 4 unspecified atom stereocenters. The van der Waals surface area contributed by atoms with Gasteiger partial charge in [0.1, 0.15) is 35.7 Å². The minimum atomic E-state index is -1.71. The van der Waals surface area contributed by atoms with Crippen LogP contribution in [0.2, 0.25) is 0 Å². The summed E-state index contributed by atoms with van der Waals surface area (Å²) in [5, 5.41) is 52.9. The third-order valence-electron chi connectivity index (χ3n) is 3.75. The smallest absolute Gasteiger partial charge is 0.323 e. The van der Waals surface area contributed by atoms with Crippen LogP contribution in [0.4, 0.5) is 0 Å². The summed E-state index contributed by atoms with van der Waals surface area (Å²) in [6.07, 6.45) is -1.81. The van der Waals surface area contributed by atoms with Gasteiger partial charge in [0.25, 0.3) is 0 Å². The van der Waals surface area contributed by atoms with Gasteiger partial charge in [-0.2, -0.15) is 0 Å². The van der Waals surface area contributed by atoms with Crippen LogP contribution >= 0.6 is 0 Å².